The van der Waals surface area contributed by atoms with E-state index in [1.54, 1.807) is 0 Å². The third-order valence-electron chi connectivity index (χ3n) is 3.74. The number of hydrogen-bond acceptors (Lipinski definition) is 3. The van der Waals surface area contributed by atoms with Crippen molar-refractivity contribution in [2.24, 2.45) is 0 Å². The summed E-state index contributed by atoms with van der Waals surface area (Å²) in [5, 5.41) is 8.81. The molecule has 2 rings (SSSR count). The van der Waals surface area contributed by atoms with Gasteiger partial charge < -0.3 is 10.0 Å². The van der Waals surface area contributed by atoms with Crippen molar-refractivity contribution in [2.75, 3.05) is 20.1 Å². The van der Waals surface area contributed by atoms with Gasteiger partial charge in [0.05, 0.1) is 13.0 Å². The summed E-state index contributed by atoms with van der Waals surface area (Å²) < 4.78 is 0. The Balaban J connectivity index is 1.84. The van der Waals surface area contributed by atoms with Gasteiger partial charge in [0.2, 0.25) is 5.91 Å². The van der Waals surface area contributed by atoms with Gasteiger partial charge >= 0.3 is 5.97 Å². The summed E-state index contributed by atoms with van der Waals surface area (Å²) in [6.07, 6.45) is 4.27. The number of carbonyl (C=O) groups is 2. The molecule has 5 heteroatoms. The molecule has 1 atom stereocenters. The molecule has 1 aliphatic carbocycles. The van der Waals surface area contributed by atoms with Gasteiger partial charge in [-0.1, -0.05) is 0 Å². The Morgan fingerprint density at radius 3 is 2.65 bits per heavy atom. The quantitative estimate of drug-likeness (QED) is 0.762. The molecular formula is C12H20N2O3. The molecule has 0 radical (unpaired) electrons. The number of carbonyl (C=O) groups excluding carboxylic acids is 1. The minimum Gasteiger partial charge on any atom is -0.481 e. The van der Waals surface area contributed by atoms with Gasteiger partial charge in [0.25, 0.3) is 0 Å². The molecule has 1 N–H and O–H groups in total. The second-order valence-electron chi connectivity index (χ2n) is 5.10. The molecule has 2 aliphatic rings. The van der Waals surface area contributed by atoms with Crippen molar-refractivity contribution < 1.29 is 14.7 Å². The first-order chi connectivity index (χ1) is 8.08. The predicted molar refractivity (Wildman–Crippen MR) is 62.6 cm³/mol. The number of hydrogen-bond donors (Lipinski definition) is 1. The minimum absolute atomic E-state index is 0.0454. The zero-order chi connectivity index (χ0) is 12.4. The number of nitrogens with zero attached hydrogens (tertiary/aromatic N) is 2. The highest BCUT2D eigenvalue weighted by Gasteiger charge is 2.33. The van der Waals surface area contributed by atoms with Crippen molar-refractivity contribution >= 4 is 11.9 Å². The van der Waals surface area contributed by atoms with Gasteiger partial charge in [0.15, 0.2) is 0 Å². The third-order valence-corrected chi connectivity index (χ3v) is 3.74. The summed E-state index contributed by atoms with van der Waals surface area (Å²) in [5.74, 6) is -0.644. The van der Waals surface area contributed by atoms with Crippen LogP contribution < -0.4 is 0 Å². The lowest BCUT2D eigenvalue weighted by atomic mass is 10.1. The summed E-state index contributed by atoms with van der Waals surface area (Å²) in [5.41, 5.74) is 0. The molecule has 96 valence electrons. The number of likely N-dealkylation sites (N-methyl/N-ethyl adjacent to an activating group) is 1. The van der Waals surface area contributed by atoms with Crippen molar-refractivity contribution in [3.63, 3.8) is 0 Å². The smallest absolute Gasteiger partial charge is 0.304 e. The van der Waals surface area contributed by atoms with E-state index in [1.165, 1.54) is 0 Å². The van der Waals surface area contributed by atoms with E-state index in [0.29, 0.717) is 12.6 Å². The van der Waals surface area contributed by atoms with Gasteiger partial charge in [-0.15, -0.1) is 0 Å². The van der Waals surface area contributed by atoms with Crippen LogP contribution in [-0.4, -0.2) is 59.0 Å². The van der Waals surface area contributed by atoms with Crippen LogP contribution in [-0.2, 0) is 9.59 Å². The van der Waals surface area contributed by atoms with Crippen LogP contribution in [0.15, 0.2) is 0 Å². The fourth-order valence-electron chi connectivity index (χ4n) is 2.49. The van der Waals surface area contributed by atoms with E-state index >= 15 is 0 Å². The van der Waals surface area contributed by atoms with Crippen LogP contribution in [0.25, 0.3) is 0 Å². The maximum Gasteiger partial charge on any atom is 0.304 e. The Labute approximate surface area is 101 Å². The average molecular weight is 240 g/mol. The molecule has 1 saturated heterocycles. The molecule has 2 fully saturated rings. The topological polar surface area (TPSA) is 60.9 Å². The van der Waals surface area contributed by atoms with Crippen molar-refractivity contribution in [2.45, 2.75) is 44.2 Å². The van der Waals surface area contributed by atoms with E-state index in [1.807, 2.05) is 16.8 Å². The van der Waals surface area contributed by atoms with Crippen LogP contribution in [0.1, 0.15) is 32.1 Å². The van der Waals surface area contributed by atoms with Crippen molar-refractivity contribution in [1.29, 1.82) is 0 Å². The molecule has 1 heterocycles. The van der Waals surface area contributed by atoms with Crippen molar-refractivity contribution in [3.05, 3.63) is 0 Å². The van der Waals surface area contributed by atoms with Crippen LogP contribution in [0.4, 0.5) is 0 Å². The zero-order valence-corrected chi connectivity index (χ0v) is 10.3. The molecule has 1 saturated carbocycles. The normalized spacial score (nSPS) is 24.9. The molecule has 17 heavy (non-hydrogen) atoms. The number of amides is 1. The molecule has 0 aromatic rings. The Bertz CT molecular complexity index is 315. The Morgan fingerprint density at radius 2 is 2.06 bits per heavy atom. The highest BCUT2D eigenvalue weighted by Crippen LogP contribution is 2.26. The predicted octanol–water partition coefficient (Wildman–Crippen LogP) is 0.546. The van der Waals surface area contributed by atoms with Crippen molar-refractivity contribution in [1.82, 2.24) is 9.80 Å². The monoisotopic (exact) mass is 240 g/mol. The summed E-state index contributed by atoms with van der Waals surface area (Å²) >= 11 is 0. The van der Waals surface area contributed by atoms with E-state index in [9.17, 15) is 9.59 Å². The summed E-state index contributed by atoms with van der Waals surface area (Å²) in [7, 11) is 1.85. The zero-order valence-electron chi connectivity index (χ0n) is 10.3. The lowest BCUT2D eigenvalue weighted by Crippen LogP contribution is -2.42. The molecule has 0 aromatic heterocycles. The minimum atomic E-state index is -0.773. The molecule has 0 bridgehead atoms. The SMILES string of the molecule is CN(C(=O)CN1CCCC1CC(=O)O)C1CC1. The first-order valence-corrected chi connectivity index (χ1v) is 6.29. The standard InChI is InChI=1S/C12H20N2O3/c1-13(9-4-5-9)11(15)8-14-6-2-3-10(14)7-12(16)17/h9-10H,2-8H2,1H3,(H,16,17). The van der Waals surface area contributed by atoms with Gasteiger partial charge in [-0.3, -0.25) is 14.5 Å². The van der Waals surface area contributed by atoms with E-state index in [4.69, 9.17) is 5.11 Å². The summed E-state index contributed by atoms with van der Waals surface area (Å²) in [4.78, 5) is 26.5. The average Bonchev–Trinajstić information content (AvgIpc) is 3.02. The van der Waals surface area contributed by atoms with Gasteiger partial charge in [0.1, 0.15) is 0 Å². The molecule has 0 aromatic carbocycles. The van der Waals surface area contributed by atoms with E-state index in [0.717, 1.165) is 32.2 Å². The van der Waals surface area contributed by atoms with Crippen LogP contribution in [0, 0.1) is 0 Å². The van der Waals surface area contributed by atoms with E-state index in [2.05, 4.69) is 0 Å². The number of rotatable bonds is 5. The first kappa shape index (κ1) is 12.4. The highest BCUT2D eigenvalue weighted by atomic mass is 16.4. The van der Waals surface area contributed by atoms with E-state index in [-0.39, 0.29) is 18.4 Å². The van der Waals surface area contributed by atoms with Gasteiger partial charge in [-0.25, -0.2) is 0 Å². The lowest BCUT2D eigenvalue weighted by Gasteiger charge is -2.25. The Morgan fingerprint density at radius 1 is 1.35 bits per heavy atom. The first-order valence-electron chi connectivity index (χ1n) is 6.29. The second-order valence-corrected chi connectivity index (χ2v) is 5.10. The van der Waals surface area contributed by atoms with Gasteiger partial charge in [-0.05, 0) is 32.2 Å². The number of carboxylic acids is 1. The fourth-order valence-corrected chi connectivity index (χ4v) is 2.49. The highest BCUT2D eigenvalue weighted by molar-refractivity contribution is 5.78. The largest absolute Gasteiger partial charge is 0.481 e. The third kappa shape index (κ3) is 3.19. The molecule has 1 unspecified atom stereocenters. The lowest BCUT2D eigenvalue weighted by molar-refractivity contribution is -0.139. The number of likely N-dealkylation sites (tertiary alicyclic amines) is 1. The maximum atomic E-state index is 11.9. The van der Waals surface area contributed by atoms with Gasteiger partial charge in [0, 0.05) is 19.1 Å². The molecular weight excluding hydrogens is 220 g/mol. The van der Waals surface area contributed by atoms with Crippen molar-refractivity contribution in [3.8, 4) is 0 Å². The molecule has 1 aliphatic heterocycles. The molecule has 1 amide bonds. The molecule has 5 nitrogen and oxygen atoms in total. The fraction of sp³-hybridized carbons (Fsp3) is 0.833. The maximum absolute atomic E-state index is 11.9. The second kappa shape index (κ2) is 5.04. The number of carboxylic acid groups (broad SMARTS) is 1. The van der Waals surface area contributed by atoms with Gasteiger partial charge in [-0.2, -0.15) is 0 Å². The summed E-state index contributed by atoms with van der Waals surface area (Å²) in [6, 6.07) is 0.479. The number of aliphatic carboxylic acids is 1. The summed E-state index contributed by atoms with van der Waals surface area (Å²) in [6.45, 7) is 1.23. The van der Waals surface area contributed by atoms with Crippen LogP contribution in [0.5, 0.6) is 0 Å². The Hall–Kier alpha value is -1.10. The molecule has 0 spiro atoms. The van der Waals surface area contributed by atoms with Crippen LogP contribution in [0.3, 0.4) is 0 Å². The van der Waals surface area contributed by atoms with Crippen LogP contribution >= 0.6 is 0 Å². The van der Waals surface area contributed by atoms with Crippen LogP contribution in [0.2, 0.25) is 0 Å². The Kier molecular flexibility index (Phi) is 3.66. The van der Waals surface area contributed by atoms with E-state index < -0.39 is 5.97 Å².